The molecule has 0 bridgehead atoms. The van der Waals surface area contributed by atoms with Crippen molar-refractivity contribution in [1.82, 2.24) is 14.5 Å². The molecule has 6 nitrogen and oxygen atoms in total. The summed E-state index contributed by atoms with van der Waals surface area (Å²) >= 11 is 1.59. The highest BCUT2D eigenvalue weighted by Crippen LogP contribution is 2.19. The summed E-state index contributed by atoms with van der Waals surface area (Å²) in [5, 5.41) is 0.927. The summed E-state index contributed by atoms with van der Waals surface area (Å²) in [6.07, 6.45) is 1.81. The normalized spacial score (nSPS) is 10.6. The molecule has 0 aliphatic heterocycles. The van der Waals surface area contributed by atoms with Crippen molar-refractivity contribution in [3.63, 3.8) is 0 Å². The average molecular weight is 266 g/mol. The van der Waals surface area contributed by atoms with Crippen molar-refractivity contribution in [2.75, 3.05) is 12.8 Å². The molecule has 2 aromatic rings. The molecule has 0 spiro atoms. The standard InChI is InChI=1S/C11H14N4O2S/c1-6-4-13-8(18-6)5-15-7(2)14-9(10(15)12)11(16)17-3/h4H,5,12H2,1-3H3. The van der Waals surface area contributed by atoms with Gasteiger partial charge >= 0.3 is 5.97 Å². The lowest BCUT2D eigenvalue weighted by Crippen LogP contribution is -2.09. The van der Waals surface area contributed by atoms with Crippen LogP contribution in [0.2, 0.25) is 0 Å². The topological polar surface area (TPSA) is 83.0 Å². The number of esters is 1. The second-order valence-corrected chi connectivity index (χ2v) is 5.15. The van der Waals surface area contributed by atoms with Crippen molar-refractivity contribution in [2.24, 2.45) is 0 Å². The zero-order valence-electron chi connectivity index (χ0n) is 10.4. The number of nitrogen functional groups attached to an aromatic ring is 1. The highest BCUT2D eigenvalue weighted by molar-refractivity contribution is 7.11. The van der Waals surface area contributed by atoms with E-state index in [1.165, 1.54) is 7.11 Å². The van der Waals surface area contributed by atoms with Crippen LogP contribution in [0.1, 0.15) is 26.2 Å². The molecule has 0 aromatic carbocycles. The van der Waals surface area contributed by atoms with E-state index >= 15 is 0 Å². The predicted molar refractivity (Wildman–Crippen MR) is 68.7 cm³/mol. The number of carbonyl (C=O) groups excluding carboxylic acids is 1. The molecule has 0 fully saturated rings. The minimum atomic E-state index is -0.523. The molecule has 96 valence electrons. The Bertz CT molecular complexity index is 588. The lowest BCUT2D eigenvalue weighted by atomic mass is 10.4. The second kappa shape index (κ2) is 4.77. The second-order valence-electron chi connectivity index (χ2n) is 3.84. The van der Waals surface area contributed by atoms with Gasteiger partial charge in [-0.05, 0) is 13.8 Å². The number of ether oxygens (including phenoxy) is 1. The van der Waals surface area contributed by atoms with Gasteiger partial charge in [0, 0.05) is 11.1 Å². The number of nitrogens with zero attached hydrogens (tertiary/aromatic N) is 3. The Morgan fingerprint density at radius 2 is 2.28 bits per heavy atom. The van der Waals surface area contributed by atoms with Gasteiger partial charge in [-0.15, -0.1) is 11.3 Å². The van der Waals surface area contributed by atoms with Crippen LogP contribution in [-0.4, -0.2) is 27.6 Å². The number of hydrogen-bond donors (Lipinski definition) is 1. The van der Waals surface area contributed by atoms with Crippen LogP contribution in [0.4, 0.5) is 5.82 Å². The first kappa shape index (κ1) is 12.6. The van der Waals surface area contributed by atoms with Crippen LogP contribution >= 0.6 is 11.3 Å². The van der Waals surface area contributed by atoms with E-state index in [1.807, 2.05) is 13.1 Å². The van der Waals surface area contributed by atoms with Crippen LogP contribution < -0.4 is 5.73 Å². The fourth-order valence-corrected chi connectivity index (χ4v) is 2.41. The van der Waals surface area contributed by atoms with Crippen LogP contribution in [0.3, 0.4) is 0 Å². The lowest BCUT2D eigenvalue weighted by molar-refractivity contribution is 0.0595. The Morgan fingerprint density at radius 3 is 2.83 bits per heavy atom. The Kier molecular flexibility index (Phi) is 3.33. The number of anilines is 1. The summed E-state index contributed by atoms with van der Waals surface area (Å²) in [6.45, 7) is 4.30. The molecule has 0 amide bonds. The van der Waals surface area contributed by atoms with E-state index < -0.39 is 5.97 Å². The van der Waals surface area contributed by atoms with Gasteiger partial charge in [-0.1, -0.05) is 0 Å². The fraction of sp³-hybridized carbons (Fsp3) is 0.364. The van der Waals surface area contributed by atoms with Gasteiger partial charge in [0.2, 0.25) is 0 Å². The van der Waals surface area contributed by atoms with Gasteiger partial charge in [0.05, 0.1) is 13.7 Å². The van der Waals surface area contributed by atoms with Crippen LogP contribution in [0.15, 0.2) is 6.20 Å². The van der Waals surface area contributed by atoms with Crippen molar-refractivity contribution in [1.29, 1.82) is 0 Å². The van der Waals surface area contributed by atoms with Crippen LogP contribution in [0.5, 0.6) is 0 Å². The van der Waals surface area contributed by atoms with E-state index in [1.54, 1.807) is 22.8 Å². The van der Waals surface area contributed by atoms with Gasteiger partial charge in [0.1, 0.15) is 16.6 Å². The van der Waals surface area contributed by atoms with Crippen LogP contribution in [0.25, 0.3) is 0 Å². The van der Waals surface area contributed by atoms with Gasteiger partial charge in [0.15, 0.2) is 5.69 Å². The van der Waals surface area contributed by atoms with Crippen molar-refractivity contribution < 1.29 is 9.53 Å². The molecule has 0 aliphatic rings. The number of aryl methyl sites for hydroxylation is 2. The zero-order valence-corrected chi connectivity index (χ0v) is 11.2. The summed E-state index contributed by atoms with van der Waals surface area (Å²) < 4.78 is 6.39. The number of hydrogen-bond acceptors (Lipinski definition) is 6. The summed E-state index contributed by atoms with van der Waals surface area (Å²) in [4.78, 5) is 21.0. The molecule has 18 heavy (non-hydrogen) atoms. The number of carbonyl (C=O) groups is 1. The number of aromatic nitrogens is 3. The van der Waals surface area contributed by atoms with E-state index in [4.69, 9.17) is 5.73 Å². The minimum absolute atomic E-state index is 0.156. The first-order valence-corrected chi connectivity index (χ1v) is 6.16. The van der Waals surface area contributed by atoms with Crippen molar-refractivity contribution >= 4 is 23.1 Å². The maximum atomic E-state index is 11.5. The molecule has 0 unspecified atom stereocenters. The molecule has 2 heterocycles. The molecule has 2 N–H and O–H groups in total. The summed E-state index contributed by atoms with van der Waals surface area (Å²) in [5.41, 5.74) is 6.07. The summed E-state index contributed by atoms with van der Waals surface area (Å²) in [5.74, 6) is 0.456. The van der Waals surface area contributed by atoms with E-state index in [9.17, 15) is 4.79 Å². The molecular formula is C11H14N4O2S. The van der Waals surface area contributed by atoms with E-state index in [2.05, 4.69) is 14.7 Å². The van der Waals surface area contributed by atoms with Crippen LogP contribution in [0, 0.1) is 13.8 Å². The molecule has 2 aromatic heterocycles. The summed E-state index contributed by atoms with van der Waals surface area (Å²) in [6, 6.07) is 0. The zero-order chi connectivity index (χ0) is 13.3. The minimum Gasteiger partial charge on any atom is -0.464 e. The number of methoxy groups -OCH3 is 1. The first-order chi connectivity index (χ1) is 8.52. The van der Waals surface area contributed by atoms with E-state index in [0.29, 0.717) is 18.2 Å². The van der Waals surface area contributed by atoms with Gasteiger partial charge in [-0.25, -0.2) is 14.8 Å². The van der Waals surface area contributed by atoms with E-state index in [-0.39, 0.29) is 5.69 Å². The number of thiazole rings is 1. The molecule has 0 aliphatic carbocycles. The number of imidazole rings is 1. The number of nitrogens with two attached hydrogens (primary N) is 1. The first-order valence-electron chi connectivity index (χ1n) is 5.35. The Morgan fingerprint density at radius 1 is 1.56 bits per heavy atom. The van der Waals surface area contributed by atoms with Gasteiger partial charge in [0.25, 0.3) is 0 Å². The van der Waals surface area contributed by atoms with Crippen molar-refractivity contribution in [3.8, 4) is 0 Å². The highest BCUT2D eigenvalue weighted by atomic mass is 32.1. The predicted octanol–water partition coefficient (Wildman–Crippen LogP) is 1.37. The molecule has 2 rings (SSSR count). The summed E-state index contributed by atoms with van der Waals surface area (Å²) in [7, 11) is 1.31. The van der Waals surface area contributed by atoms with Crippen molar-refractivity contribution in [3.05, 3.63) is 27.6 Å². The molecule has 7 heteroatoms. The molecular weight excluding hydrogens is 252 g/mol. The van der Waals surface area contributed by atoms with Crippen molar-refractivity contribution in [2.45, 2.75) is 20.4 Å². The quantitative estimate of drug-likeness (QED) is 0.848. The maximum absolute atomic E-state index is 11.5. The third kappa shape index (κ3) is 2.21. The van der Waals surface area contributed by atoms with Gasteiger partial charge in [-0.2, -0.15) is 0 Å². The fourth-order valence-electron chi connectivity index (χ4n) is 1.64. The third-order valence-electron chi connectivity index (χ3n) is 2.54. The SMILES string of the molecule is COC(=O)c1nc(C)n(Cc2ncc(C)s2)c1N. The monoisotopic (exact) mass is 266 g/mol. The Labute approximate surface area is 108 Å². The highest BCUT2D eigenvalue weighted by Gasteiger charge is 2.19. The lowest BCUT2D eigenvalue weighted by Gasteiger charge is -2.04. The smallest absolute Gasteiger partial charge is 0.360 e. The molecule has 0 saturated carbocycles. The number of rotatable bonds is 3. The molecule has 0 radical (unpaired) electrons. The molecule has 0 saturated heterocycles. The largest absolute Gasteiger partial charge is 0.464 e. The Balaban J connectivity index is 2.34. The van der Waals surface area contributed by atoms with Gasteiger partial charge < -0.3 is 15.0 Å². The molecule has 0 atom stereocenters. The van der Waals surface area contributed by atoms with Gasteiger partial charge in [-0.3, -0.25) is 0 Å². The van der Waals surface area contributed by atoms with Crippen LogP contribution in [-0.2, 0) is 11.3 Å². The Hall–Kier alpha value is -1.89. The third-order valence-corrected chi connectivity index (χ3v) is 3.44. The van der Waals surface area contributed by atoms with E-state index in [0.717, 1.165) is 9.88 Å². The average Bonchev–Trinajstić information content (AvgIpc) is 2.87. The maximum Gasteiger partial charge on any atom is 0.360 e.